The Balaban J connectivity index is 1.84. The molecule has 0 aromatic heterocycles. The van der Waals surface area contributed by atoms with Crippen molar-refractivity contribution < 1.29 is 9.53 Å². The SMILES string of the molecule is CC(C)(C)OC(=O)N1C2C=C(c3cc(Cl)cc(Cl)c3)CC1CC2. The van der Waals surface area contributed by atoms with E-state index < -0.39 is 5.60 Å². The van der Waals surface area contributed by atoms with E-state index in [1.807, 2.05) is 37.8 Å². The van der Waals surface area contributed by atoms with Crippen LogP contribution in [0, 0.1) is 0 Å². The predicted octanol–water partition coefficient (Wildman–Crippen LogP) is 5.55. The molecule has 0 radical (unpaired) electrons. The number of nitrogens with zero attached hydrogens (tertiary/aromatic N) is 1. The fourth-order valence-corrected chi connectivity index (χ4v) is 3.91. The third-order valence-electron chi connectivity index (χ3n) is 4.23. The third-order valence-corrected chi connectivity index (χ3v) is 4.67. The van der Waals surface area contributed by atoms with Crippen LogP contribution in [-0.4, -0.2) is 28.7 Å². The van der Waals surface area contributed by atoms with Crippen LogP contribution < -0.4 is 0 Å². The second-order valence-corrected chi connectivity index (χ2v) is 8.11. The molecule has 1 aromatic carbocycles. The van der Waals surface area contributed by atoms with E-state index in [0.29, 0.717) is 10.0 Å². The molecule has 2 bridgehead atoms. The summed E-state index contributed by atoms with van der Waals surface area (Å²) in [6, 6.07) is 5.88. The first-order valence-corrected chi connectivity index (χ1v) is 8.67. The smallest absolute Gasteiger partial charge is 0.411 e. The van der Waals surface area contributed by atoms with Crippen LogP contribution in [-0.2, 0) is 4.74 Å². The lowest BCUT2D eigenvalue weighted by Crippen LogP contribution is -2.45. The number of hydrogen-bond acceptors (Lipinski definition) is 2. The van der Waals surface area contributed by atoms with Gasteiger partial charge in [-0.15, -0.1) is 0 Å². The van der Waals surface area contributed by atoms with Gasteiger partial charge in [-0.1, -0.05) is 29.3 Å². The maximum Gasteiger partial charge on any atom is 0.411 e. The number of ether oxygens (including phenoxy) is 1. The lowest BCUT2D eigenvalue weighted by atomic mass is 9.95. The average Bonchev–Trinajstić information content (AvgIpc) is 2.66. The molecule has 2 unspecified atom stereocenters. The van der Waals surface area contributed by atoms with Gasteiger partial charge in [-0.3, -0.25) is 4.90 Å². The lowest BCUT2D eigenvalue weighted by Gasteiger charge is -2.35. The van der Waals surface area contributed by atoms with Crippen LogP contribution in [0.1, 0.15) is 45.6 Å². The molecule has 1 fully saturated rings. The van der Waals surface area contributed by atoms with Crippen molar-refractivity contribution in [2.75, 3.05) is 0 Å². The second-order valence-electron chi connectivity index (χ2n) is 7.24. The first kappa shape index (κ1) is 16.7. The molecule has 3 nitrogen and oxygen atoms in total. The zero-order valence-corrected chi connectivity index (χ0v) is 15.1. The van der Waals surface area contributed by atoms with Gasteiger partial charge in [0.15, 0.2) is 0 Å². The van der Waals surface area contributed by atoms with Crippen molar-refractivity contribution in [3.05, 3.63) is 39.9 Å². The number of fused-ring (bicyclic) bond motifs is 2. The fourth-order valence-electron chi connectivity index (χ4n) is 3.38. The van der Waals surface area contributed by atoms with Gasteiger partial charge in [-0.25, -0.2) is 4.79 Å². The minimum absolute atomic E-state index is 0.0938. The Labute approximate surface area is 147 Å². The summed E-state index contributed by atoms with van der Waals surface area (Å²) in [5.41, 5.74) is 1.78. The molecule has 23 heavy (non-hydrogen) atoms. The van der Waals surface area contributed by atoms with Crippen molar-refractivity contribution in [3.8, 4) is 0 Å². The van der Waals surface area contributed by atoms with Crippen LogP contribution >= 0.6 is 23.2 Å². The molecule has 5 heteroatoms. The predicted molar refractivity (Wildman–Crippen MR) is 93.9 cm³/mol. The van der Waals surface area contributed by atoms with Crippen molar-refractivity contribution in [2.24, 2.45) is 0 Å². The largest absolute Gasteiger partial charge is 0.444 e. The molecule has 0 N–H and O–H groups in total. The van der Waals surface area contributed by atoms with Gasteiger partial charge in [-0.2, -0.15) is 0 Å². The Morgan fingerprint density at radius 3 is 2.39 bits per heavy atom. The maximum atomic E-state index is 12.5. The molecule has 2 aliphatic rings. The maximum absolute atomic E-state index is 12.5. The molecule has 2 atom stereocenters. The zero-order valence-electron chi connectivity index (χ0n) is 13.6. The Morgan fingerprint density at radius 2 is 1.83 bits per heavy atom. The van der Waals surface area contributed by atoms with E-state index in [0.717, 1.165) is 24.8 Å². The summed E-state index contributed by atoms with van der Waals surface area (Å²) in [5.74, 6) is 0. The van der Waals surface area contributed by atoms with Gasteiger partial charge in [0, 0.05) is 16.1 Å². The molecular formula is C18H21Cl2NO2. The van der Waals surface area contributed by atoms with Crippen LogP contribution in [0.2, 0.25) is 10.0 Å². The highest BCUT2D eigenvalue weighted by Crippen LogP contribution is 2.40. The molecule has 0 aliphatic carbocycles. The number of carbonyl (C=O) groups is 1. The lowest BCUT2D eigenvalue weighted by molar-refractivity contribution is 0.0175. The second kappa shape index (κ2) is 6.03. The van der Waals surface area contributed by atoms with Gasteiger partial charge in [0.05, 0.1) is 6.04 Å². The van der Waals surface area contributed by atoms with Crippen molar-refractivity contribution in [3.63, 3.8) is 0 Å². The van der Waals surface area contributed by atoms with Crippen molar-refractivity contribution in [2.45, 2.75) is 57.7 Å². The van der Waals surface area contributed by atoms with Crippen LogP contribution in [0.5, 0.6) is 0 Å². The number of benzene rings is 1. The fraction of sp³-hybridized carbons (Fsp3) is 0.500. The quantitative estimate of drug-likeness (QED) is 0.662. The number of carbonyl (C=O) groups excluding carboxylic acids is 1. The van der Waals surface area contributed by atoms with E-state index >= 15 is 0 Å². The van der Waals surface area contributed by atoms with E-state index in [4.69, 9.17) is 27.9 Å². The van der Waals surface area contributed by atoms with E-state index in [-0.39, 0.29) is 18.2 Å². The zero-order chi connectivity index (χ0) is 16.8. The summed E-state index contributed by atoms with van der Waals surface area (Å²) in [6.07, 6.45) is 4.73. The minimum Gasteiger partial charge on any atom is -0.444 e. The highest BCUT2D eigenvalue weighted by atomic mass is 35.5. The molecule has 0 spiro atoms. The van der Waals surface area contributed by atoms with Gasteiger partial charge >= 0.3 is 6.09 Å². The molecule has 2 heterocycles. The Morgan fingerprint density at radius 1 is 1.17 bits per heavy atom. The third kappa shape index (κ3) is 3.67. The van der Waals surface area contributed by atoms with E-state index in [2.05, 4.69) is 6.08 Å². The standard InChI is InChI=1S/C18H21Cl2NO2/c1-18(2,3)23-17(22)21-15-4-5-16(21)9-12(8-15)11-6-13(19)10-14(20)7-11/h6-8,10,15-16H,4-5,9H2,1-3H3. The Kier molecular flexibility index (Phi) is 4.37. The highest BCUT2D eigenvalue weighted by Gasteiger charge is 2.41. The van der Waals surface area contributed by atoms with Crippen LogP contribution in [0.3, 0.4) is 0 Å². The summed E-state index contributed by atoms with van der Waals surface area (Å²) in [4.78, 5) is 14.3. The van der Waals surface area contributed by atoms with Gasteiger partial charge in [0.2, 0.25) is 0 Å². The van der Waals surface area contributed by atoms with Gasteiger partial charge < -0.3 is 4.74 Å². The molecule has 1 aromatic rings. The molecule has 3 rings (SSSR count). The summed E-state index contributed by atoms with van der Waals surface area (Å²) >= 11 is 12.2. The summed E-state index contributed by atoms with van der Waals surface area (Å²) in [6.45, 7) is 5.68. The molecule has 1 amide bonds. The van der Waals surface area contributed by atoms with E-state index in [1.54, 1.807) is 6.07 Å². The minimum atomic E-state index is -0.471. The summed E-state index contributed by atoms with van der Waals surface area (Å²) in [5, 5.41) is 1.27. The van der Waals surface area contributed by atoms with Gasteiger partial charge in [-0.05, 0) is 69.4 Å². The van der Waals surface area contributed by atoms with Crippen LogP contribution in [0.15, 0.2) is 24.3 Å². The van der Waals surface area contributed by atoms with E-state index in [1.165, 1.54) is 5.57 Å². The summed E-state index contributed by atoms with van der Waals surface area (Å²) < 4.78 is 5.55. The molecule has 1 saturated heterocycles. The van der Waals surface area contributed by atoms with Crippen molar-refractivity contribution in [1.82, 2.24) is 4.90 Å². The van der Waals surface area contributed by atoms with Crippen molar-refractivity contribution in [1.29, 1.82) is 0 Å². The van der Waals surface area contributed by atoms with Crippen LogP contribution in [0.25, 0.3) is 5.57 Å². The number of hydrogen-bond donors (Lipinski definition) is 0. The van der Waals surface area contributed by atoms with Crippen molar-refractivity contribution >= 4 is 34.9 Å². The molecule has 0 saturated carbocycles. The average molecular weight is 354 g/mol. The highest BCUT2D eigenvalue weighted by molar-refractivity contribution is 6.34. The molecule has 2 aliphatic heterocycles. The Hall–Kier alpha value is -1.19. The first-order valence-electron chi connectivity index (χ1n) is 7.91. The number of amides is 1. The monoisotopic (exact) mass is 353 g/mol. The molecular weight excluding hydrogens is 333 g/mol. The first-order chi connectivity index (χ1) is 10.7. The van der Waals surface area contributed by atoms with Crippen LogP contribution in [0.4, 0.5) is 4.79 Å². The summed E-state index contributed by atoms with van der Waals surface area (Å²) in [7, 11) is 0. The normalized spacial score (nSPS) is 23.7. The van der Waals surface area contributed by atoms with Gasteiger partial charge in [0.25, 0.3) is 0 Å². The Bertz CT molecular complexity index is 643. The number of halogens is 2. The van der Waals surface area contributed by atoms with Gasteiger partial charge in [0.1, 0.15) is 5.60 Å². The molecule has 124 valence electrons. The van der Waals surface area contributed by atoms with E-state index in [9.17, 15) is 4.79 Å². The topological polar surface area (TPSA) is 29.5 Å². The number of rotatable bonds is 1.